The van der Waals surface area contributed by atoms with Crippen molar-refractivity contribution in [1.82, 2.24) is 19.5 Å². The molecule has 0 saturated carbocycles. The lowest BCUT2D eigenvalue weighted by Gasteiger charge is -2.09. The average molecular weight is 295 g/mol. The monoisotopic (exact) mass is 295 g/mol. The molecule has 3 N–H and O–H groups in total. The number of anilines is 1. The molecule has 0 radical (unpaired) electrons. The van der Waals surface area contributed by atoms with E-state index in [1.807, 2.05) is 7.05 Å². The molecule has 108 valence electrons. The van der Waals surface area contributed by atoms with Gasteiger partial charge in [0.15, 0.2) is 0 Å². The number of benzene rings is 1. The number of hydrogen-bond acceptors (Lipinski definition) is 5. The van der Waals surface area contributed by atoms with E-state index >= 15 is 0 Å². The Hall–Kier alpha value is -1.93. The second kappa shape index (κ2) is 5.59. The summed E-state index contributed by atoms with van der Waals surface area (Å²) >= 11 is 0. The fourth-order valence-electron chi connectivity index (χ4n) is 1.81. The Balaban J connectivity index is 2.08. The molecule has 0 amide bonds. The van der Waals surface area contributed by atoms with Crippen LogP contribution in [0.1, 0.15) is 11.4 Å². The Morgan fingerprint density at radius 3 is 2.80 bits per heavy atom. The molecular weight excluding hydrogens is 278 g/mol. The Morgan fingerprint density at radius 2 is 2.15 bits per heavy atom. The van der Waals surface area contributed by atoms with Crippen molar-refractivity contribution in [2.75, 3.05) is 12.3 Å². The molecule has 2 rings (SSSR count). The number of sulfonamides is 1. The Kier molecular flexibility index (Phi) is 4.05. The number of nitrogens with zero attached hydrogens (tertiary/aromatic N) is 3. The largest absolute Gasteiger partial charge is 0.399 e. The number of nitrogens with two attached hydrogens (primary N) is 1. The quantitative estimate of drug-likeness (QED) is 0.768. The average Bonchev–Trinajstić information content (AvgIpc) is 2.78. The lowest BCUT2D eigenvalue weighted by atomic mass is 10.2. The summed E-state index contributed by atoms with van der Waals surface area (Å²) < 4.78 is 28.7. The van der Waals surface area contributed by atoms with Crippen molar-refractivity contribution in [3.63, 3.8) is 0 Å². The smallest absolute Gasteiger partial charge is 0.240 e. The molecule has 8 heteroatoms. The van der Waals surface area contributed by atoms with Crippen LogP contribution >= 0.6 is 0 Å². The second-order valence-electron chi connectivity index (χ2n) is 4.53. The topological polar surface area (TPSA) is 103 Å². The first-order chi connectivity index (χ1) is 9.40. The van der Waals surface area contributed by atoms with E-state index in [4.69, 9.17) is 5.73 Å². The lowest BCUT2D eigenvalue weighted by Crippen LogP contribution is -2.27. The van der Waals surface area contributed by atoms with E-state index in [1.165, 1.54) is 6.07 Å². The number of rotatable bonds is 5. The second-order valence-corrected chi connectivity index (χ2v) is 6.27. The number of hydrogen-bond donors (Lipinski definition) is 2. The highest BCUT2D eigenvalue weighted by molar-refractivity contribution is 7.89. The van der Waals surface area contributed by atoms with E-state index in [9.17, 15) is 8.42 Å². The molecule has 1 aromatic heterocycles. The maximum atomic E-state index is 12.2. The van der Waals surface area contributed by atoms with Crippen LogP contribution in [-0.4, -0.2) is 29.7 Å². The lowest BCUT2D eigenvalue weighted by molar-refractivity contribution is 0.579. The van der Waals surface area contributed by atoms with Gasteiger partial charge in [0.25, 0.3) is 0 Å². The number of aromatic nitrogens is 3. The zero-order chi connectivity index (χ0) is 14.8. The summed E-state index contributed by atoms with van der Waals surface area (Å²) in [5.41, 5.74) is 6.71. The number of aryl methyl sites for hydroxylation is 2. The van der Waals surface area contributed by atoms with Crippen LogP contribution in [0.4, 0.5) is 5.69 Å². The molecule has 0 aliphatic heterocycles. The molecule has 2 aromatic rings. The van der Waals surface area contributed by atoms with Crippen molar-refractivity contribution in [1.29, 1.82) is 0 Å². The maximum absolute atomic E-state index is 12.2. The Labute approximate surface area is 117 Å². The fourth-order valence-corrected chi connectivity index (χ4v) is 3.12. The van der Waals surface area contributed by atoms with Crippen molar-refractivity contribution in [2.45, 2.75) is 18.2 Å². The molecule has 20 heavy (non-hydrogen) atoms. The Morgan fingerprint density at radius 1 is 1.40 bits per heavy atom. The normalized spacial score (nSPS) is 11.7. The van der Waals surface area contributed by atoms with E-state index in [2.05, 4.69) is 14.9 Å². The summed E-state index contributed by atoms with van der Waals surface area (Å²) in [6, 6.07) is 4.82. The molecule has 0 saturated heterocycles. The minimum absolute atomic E-state index is 0.204. The first kappa shape index (κ1) is 14.5. The summed E-state index contributed by atoms with van der Waals surface area (Å²) in [7, 11) is -1.76. The van der Waals surface area contributed by atoms with Crippen LogP contribution in [0.2, 0.25) is 0 Å². The predicted molar refractivity (Wildman–Crippen MR) is 75.5 cm³/mol. The molecule has 1 aromatic carbocycles. The molecule has 0 bridgehead atoms. The fraction of sp³-hybridized carbons (Fsp3) is 0.333. The van der Waals surface area contributed by atoms with Gasteiger partial charge >= 0.3 is 0 Å². The van der Waals surface area contributed by atoms with E-state index < -0.39 is 10.0 Å². The first-order valence-corrected chi connectivity index (χ1v) is 7.57. The van der Waals surface area contributed by atoms with E-state index in [-0.39, 0.29) is 11.4 Å². The van der Waals surface area contributed by atoms with Crippen LogP contribution in [0.3, 0.4) is 0 Å². The van der Waals surface area contributed by atoms with Gasteiger partial charge in [0.2, 0.25) is 10.0 Å². The summed E-state index contributed by atoms with van der Waals surface area (Å²) in [5, 5.41) is 7.64. The highest BCUT2D eigenvalue weighted by atomic mass is 32.2. The summed E-state index contributed by atoms with van der Waals surface area (Å²) in [6.07, 6.45) is 2.04. The number of nitrogens with one attached hydrogen (secondary N) is 1. The van der Waals surface area contributed by atoms with E-state index in [1.54, 1.807) is 30.0 Å². The standard InChI is InChI=1S/C12H17N5O2S/c1-9-3-4-10(13)7-11(9)20(18,19)15-6-5-12-16-14-8-17(12)2/h3-4,7-8,15H,5-6,13H2,1-2H3. The van der Waals surface area contributed by atoms with E-state index in [0.29, 0.717) is 17.7 Å². The zero-order valence-electron chi connectivity index (χ0n) is 11.4. The van der Waals surface area contributed by atoms with Gasteiger partial charge in [0.05, 0.1) is 4.90 Å². The SMILES string of the molecule is Cc1ccc(N)cc1S(=O)(=O)NCCc1nncn1C. The van der Waals surface area contributed by atoms with Gasteiger partial charge in [-0.05, 0) is 24.6 Å². The molecule has 0 spiro atoms. The van der Waals surface area contributed by atoms with Crippen LogP contribution in [0.5, 0.6) is 0 Å². The van der Waals surface area contributed by atoms with Crippen molar-refractivity contribution in [3.8, 4) is 0 Å². The van der Waals surface area contributed by atoms with Gasteiger partial charge in [-0.1, -0.05) is 6.07 Å². The maximum Gasteiger partial charge on any atom is 0.240 e. The highest BCUT2D eigenvalue weighted by Gasteiger charge is 2.16. The van der Waals surface area contributed by atoms with Crippen molar-refractivity contribution in [3.05, 3.63) is 35.9 Å². The first-order valence-electron chi connectivity index (χ1n) is 6.09. The molecule has 0 unspecified atom stereocenters. The van der Waals surface area contributed by atoms with Gasteiger partial charge < -0.3 is 10.3 Å². The Bertz CT molecular complexity index is 708. The third-order valence-electron chi connectivity index (χ3n) is 2.95. The third kappa shape index (κ3) is 3.14. The predicted octanol–water partition coefficient (Wildman–Crippen LogP) is 0.227. The van der Waals surface area contributed by atoms with Crippen LogP contribution in [0.15, 0.2) is 29.4 Å². The summed E-state index contributed by atoms with van der Waals surface area (Å²) in [5.74, 6) is 0.719. The van der Waals surface area contributed by atoms with Gasteiger partial charge in [-0.3, -0.25) is 0 Å². The van der Waals surface area contributed by atoms with Gasteiger partial charge in [-0.25, -0.2) is 13.1 Å². The molecule has 0 aliphatic carbocycles. The van der Waals surface area contributed by atoms with Crippen LogP contribution in [0.25, 0.3) is 0 Å². The molecule has 7 nitrogen and oxygen atoms in total. The molecular formula is C12H17N5O2S. The number of nitrogen functional groups attached to an aromatic ring is 1. The van der Waals surface area contributed by atoms with Gasteiger partial charge in [-0.2, -0.15) is 0 Å². The molecule has 1 heterocycles. The van der Waals surface area contributed by atoms with Crippen molar-refractivity contribution in [2.24, 2.45) is 7.05 Å². The molecule has 0 aliphatic rings. The van der Waals surface area contributed by atoms with Crippen molar-refractivity contribution >= 4 is 15.7 Å². The highest BCUT2D eigenvalue weighted by Crippen LogP contribution is 2.17. The van der Waals surface area contributed by atoms with Gasteiger partial charge in [-0.15, -0.1) is 10.2 Å². The van der Waals surface area contributed by atoms with Gasteiger partial charge in [0, 0.05) is 25.7 Å². The molecule has 0 atom stereocenters. The van der Waals surface area contributed by atoms with Crippen LogP contribution < -0.4 is 10.5 Å². The summed E-state index contributed by atoms with van der Waals surface area (Å²) in [6.45, 7) is 1.99. The zero-order valence-corrected chi connectivity index (χ0v) is 12.2. The summed E-state index contributed by atoms with van der Waals surface area (Å²) in [4.78, 5) is 0.204. The minimum atomic E-state index is -3.57. The minimum Gasteiger partial charge on any atom is -0.399 e. The third-order valence-corrected chi connectivity index (χ3v) is 4.55. The van der Waals surface area contributed by atoms with E-state index in [0.717, 1.165) is 5.82 Å². The molecule has 0 fully saturated rings. The van der Waals surface area contributed by atoms with Crippen LogP contribution in [-0.2, 0) is 23.5 Å². The van der Waals surface area contributed by atoms with Crippen LogP contribution in [0, 0.1) is 6.92 Å². The van der Waals surface area contributed by atoms with Gasteiger partial charge in [0.1, 0.15) is 12.2 Å². The van der Waals surface area contributed by atoms with Crippen molar-refractivity contribution < 1.29 is 8.42 Å².